The first-order valence-electron chi connectivity index (χ1n) is 3.68. The molecule has 0 aliphatic rings. The zero-order valence-electron chi connectivity index (χ0n) is 7.10. The van der Waals surface area contributed by atoms with Gasteiger partial charge in [-0.3, -0.25) is 0 Å². The fourth-order valence-corrected chi connectivity index (χ4v) is 1.33. The van der Waals surface area contributed by atoms with Gasteiger partial charge in [0.05, 0.1) is 10.7 Å². The fourth-order valence-electron chi connectivity index (χ4n) is 0.749. The van der Waals surface area contributed by atoms with Crippen LogP contribution in [0.3, 0.4) is 0 Å². The molecular formula is C9H9NO2S. The first-order chi connectivity index (χ1) is 6.18. The highest BCUT2D eigenvalue weighted by Crippen LogP contribution is 2.08. The predicted octanol–water partition coefficient (Wildman–Crippen LogP) is 2.11. The van der Waals surface area contributed by atoms with Gasteiger partial charge in [0.25, 0.3) is 0 Å². The molecule has 0 amide bonds. The summed E-state index contributed by atoms with van der Waals surface area (Å²) in [6.07, 6.45) is 5.97. The van der Waals surface area contributed by atoms with Crippen molar-refractivity contribution in [2.75, 3.05) is 0 Å². The highest BCUT2D eigenvalue weighted by Gasteiger charge is 1.90. The predicted molar refractivity (Wildman–Crippen MR) is 52.7 cm³/mol. The van der Waals surface area contributed by atoms with Crippen LogP contribution in [0.25, 0.3) is 6.08 Å². The summed E-state index contributed by atoms with van der Waals surface area (Å²) in [6.45, 7) is 1.93. The van der Waals surface area contributed by atoms with E-state index in [1.165, 1.54) is 6.08 Å². The van der Waals surface area contributed by atoms with Crippen molar-refractivity contribution >= 4 is 23.4 Å². The Morgan fingerprint density at radius 2 is 2.38 bits per heavy atom. The minimum Gasteiger partial charge on any atom is -0.478 e. The van der Waals surface area contributed by atoms with E-state index in [9.17, 15) is 4.79 Å². The van der Waals surface area contributed by atoms with Crippen LogP contribution in [0, 0.1) is 6.92 Å². The van der Waals surface area contributed by atoms with Crippen LogP contribution in [0.1, 0.15) is 10.7 Å². The molecule has 4 heteroatoms. The monoisotopic (exact) mass is 195 g/mol. The molecule has 0 fully saturated rings. The highest BCUT2D eigenvalue weighted by atomic mass is 32.1. The summed E-state index contributed by atoms with van der Waals surface area (Å²) in [5.74, 6) is -0.945. The number of nitrogens with zero attached hydrogens (tertiary/aromatic N) is 1. The maximum absolute atomic E-state index is 10.1. The minimum absolute atomic E-state index is 0.859. The molecular weight excluding hydrogens is 186 g/mol. The number of aryl methyl sites for hydroxylation is 1. The van der Waals surface area contributed by atoms with Gasteiger partial charge >= 0.3 is 5.97 Å². The van der Waals surface area contributed by atoms with Crippen LogP contribution in [0.5, 0.6) is 0 Å². The fraction of sp³-hybridized carbons (Fsp3) is 0.111. The van der Waals surface area contributed by atoms with Gasteiger partial charge in [-0.2, -0.15) is 0 Å². The van der Waals surface area contributed by atoms with E-state index in [1.54, 1.807) is 23.5 Å². The summed E-state index contributed by atoms with van der Waals surface area (Å²) >= 11 is 1.57. The molecule has 68 valence electrons. The number of thiazole rings is 1. The number of hydrogen-bond acceptors (Lipinski definition) is 3. The quantitative estimate of drug-likeness (QED) is 0.593. The van der Waals surface area contributed by atoms with Crippen LogP contribution < -0.4 is 0 Å². The lowest BCUT2D eigenvalue weighted by molar-refractivity contribution is -0.131. The molecule has 0 saturated heterocycles. The lowest BCUT2D eigenvalue weighted by Crippen LogP contribution is -1.84. The van der Waals surface area contributed by atoms with Gasteiger partial charge in [0.1, 0.15) is 0 Å². The molecule has 0 aliphatic heterocycles. The summed E-state index contributed by atoms with van der Waals surface area (Å²) in [6, 6.07) is 0. The van der Waals surface area contributed by atoms with E-state index in [-0.39, 0.29) is 0 Å². The number of carboxylic acid groups (broad SMARTS) is 1. The third kappa shape index (κ3) is 3.66. The number of allylic oxidation sites excluding steroid dienone is 2. The summed E-state index contributed by atoms with van der Waals surface area (Å²) < 4.78 is 0. The summed E-state index contributed by atoms with van der Waals surface area (Å²) in [5, 5.41) is 11.2. The zero-order chi connectivity index (χ0) is 9.68. The topological polar surface area (TPSA) is 50.2 Å². The summed E-state index contributed by atoms with van der Waals surface area (Å²) in [4.78, 5) is 14.3. The van der Waals surface area contributed by atoms with Crippen molar-refractivity contribution in [1.29, 1.82) is 0 Å². The Labute approximate surface area is 80.1 Å². The van der Waals surface area contributed by atoms with Crippen molar-refractivity contribution in [1.82, 2.24) is 4.98 Å². The van der Waals surface area contributed by atoms with Gasteiger partial charge in [-0.05, 0) is 13.0 Å². The summed E-state index contributed by atoms with van der Waals surface area (Å²) in [7, 11) is 0. The second kappa shape index (κ2) is 4.57. The second-order valence-electron chi connectivity index (χ2n) is 2.35. The molecule has 0 unspecified atom stereocenters. The molecule has 0 radical (unpaired) electrons. The molecule has 0 aliphatic carbocycles. The number of carboxylic acids is 1. The number of hydrogen-bond donors (Lipinski definition) is 1. The third-order valence-corrected chi connectivity index (χ3v) is 2.05. The Kier molecular flexibility index (Phi) is 3.40. The third-order valence-electron chi connectivity index (χ3n) is 1.25. The Morgan fingerprint density at radius 3 is 2.92 bits per heavy atom. The van der Waals surface area contributed by atoms with E-state index in [0.29, 0.717) is 0 Å². The normalized spacial score (nSPS) is 11.5. The molecule has 1 aromatic heterocycles. The van der Waals surface area contributed by atoms with Crippen LogP contribution in [0.4, 0.5) is 0 Å². The smallest absolute Gasteiger partial charge is 0.328 e. The van der Waals surface area contributed by atoms with E-state index in [4.69, 9.17) is 5.11 Å². The Balaban J connectivity index is 2.54. The molecule has 1 rings (SSSR count). The minimum atomic E-state index is -0.945. The van der Waals surface area contributed by atoms with Crippen LogP contribution in [0.2, 0.25) is 0 Å². The largest absolute Gasteiger partial charge is 0.478 e. The maximum Gasteiger partial charge on any atom is 0.328 e. The standard InChI is InChI=1S/C9H9NO2S/c1-7-10-8(6-13-7)4-2-3-5-9(11)12/h2-6H,1H3,(H,11,12)/b4-2+,5-3+. The van der Waals surface area contributed by atoms with Crippen molar-refractivity contribution in [2.45, 2.75) is 6.92 Å². The lowest BCUT2D eigenvalue weighted by Gasteiger charge is -1.79. The van der Waals surface area contributed by atoms with Gasteiger partial charge in [-0.15, -0.1) is 11.3 Å². The molecule has 13 heavy (non-hydrogen) atoms. The van der Waals surface area contributed by atoms with E-state index >= 15 is 0 Å². The SMILES string of the molecule is Cc1nc(/C=C/C=C/C(=O)O)cs1. The van der Waals surface area contributed by atoms with Crippen molar-refractivity contribution in [2.24, 2.45) is 0 Å². The maximum atomic E-state index is 10.1. The highest BCUT2D eigenvalue weighted by molar-refractivity contribution is 7.09. The van der Waals surface area contributed by atoms with Crippen LogP contribution in [0.15, 0.2) is 23.6 Å². The summed E-state index contributed by atoms with van der Waals surface area (Å²) in [5.41, 5.74) is 0.859. The molecule has 1 heterocycles. The molecule has 0 saturated carbocycles. The molecule has 0 aromatic carbocycles. The van der Waals surface area contributed by atoms with Gasteiger partial charge in [0, 0.05) is 11.5 Å². The van der Waals surface area contributed by atoms with Gasteiger partial charge in [0.15, 0.2) is 0 Å². The first kappa shape index (κ1) is 9.67. The second-order valence-corrected chi connectivity index (χ2v) is 3.41. The van der Waals surface area contributed by atoms with E-state index < -0.39 is 5.97 Å². The molecule has 0 spiro atoms. The average Bonchev–Trinajstić information content (AvgIpc) is 2.45. The van der Waals surface area contributed by atoms with Crippen LogP contribution in [-0.4, -0.2) is 16.1 Å². The van der Waals surface area contributed by atoms with Gasteiger partial charge in [-0.25, -0.2) is 9.78 Å². The van der Waals surface area contributed by atoms with E-state index in [1.807, 2.05) is 12.3 Å². The van der Waals surface area contributed by atoms with Crippen molar-refractivity contribution in [3.63, 3.8) is 0 Å². The Bertz CT molecular complexity index is 352. The molecule has 3 nitrogen and oxygen atoms in total. The van der Waals surface area contributed by atoms with Crippen LogP contribution >= 0.6 is 11.3 Å². The Hall–Kier alpha value is -1.42. The number of carbonyl (C=O) groups is 1. The molecule has 1 aromatic rings. The average molecular weight is 195 g/mol. The van der Waals surface area contributed by atoms with Gasteiger partial charge < -0.3 is 5.11 Å². The molecule has 0 bridgehead atoms. The van der Waals surface area contributed by atoms with Crippen molar-refractivity contribution in [3.8, 4) is 0 Å². The number of aliphatic carboxylic acids is 1. The Morgan fingerprint density at radius 1 is 1.62 bits per heavy atom. The van der Waals surface area contributed by atoms with Gasteiger partial charge in [0.2, 0.25) is 0 Å². The molecule has 0 atom stereocenters. The van der Waals surface area contributed by atoms with Crippen molar-refractivity contribution in [3.05, 3.63) is 34.3 Å². The first-order valence-corrected chi connectivity index (χ1v) is 4.56. The van der Waals surface area contributed by atoms with E-state index in [2.05, 4.69) is 4.98 Å². The van der Waals surface area contributed by atoms with Crippen molar-refractivity contribution < 1.29 is 9.90 Å². The number of rotatable bonds is 3. The van der Waals surface area contributed by atoms with Gasteiger partial charge in [-0.1, -0.05) is 12.2 Å². The van der Waals surface area contributed by atoms with E-state index in [0.717, 1.165) is 16.8 Å². The zero-order valence-corrected chi connectivity index (χ0v) is 7.91. The molecule has 1 N–H and O–H groups in total. The van der Waals surface area contributed by atoms with Crippen LogP contribution in [-0.2, 0) is 4.79 Å². The lowest BCUT2D eigenvalue weighted by atomic mass is 10.4. The number of aromatic nitrogens is 1.